The molecule has 1 aromatic heterocycles. The van der Waals surface area contributed by atoms with Crippen molar-refractivity contribution in [3.8, 4) is 0 Å². The molecule has 1 aliphatic heterocycles. The predicted octanol–water partition coefficient (Wildman–Crippen LogP) is -0.572. The second-order valence-electron chi connectivity index (χ2n) is 1.83. The second-order valence-corrected chi connectivity index (χ2v) is 1.83. The Kier molecular flexibility index (Phi) is 0.592. The number of hydrogen-bond donors (Lipinski definition) is 1. The molecule has 0 spiro atoms. The van der Waals surface area contributed by atoms with Gasteiger partial charge in [-0.25, -0.2) is 0 Å². The molecular formula is C6H6N2. The lowest BCUT2D eigenvalue weighted by molar-refractivity contribution is 1.13. The third-order valence-corrected chi connectivity index (χ3v) is 1.32. The van der Waals surface area contributed by atoms with Gasteiger partial charge in [0, 0.05) is 11.4 Å². The van der Waals surface area contributed by atoms with Crippen molar-refractivity contribution in [2.45, 2.75) is 0 Å². The van der Waals surface area contributed by atoms with Gasteiger partial charge in [0.2, 0.25) is 0 Å². The van der Waals surface area contributed by atoms with Crippen LogP contribution >= 0.6 is 0 Å². The van der Waals surface area contributed by atoms with Crippen LogP contribution in [0.25, 0.3) is 6.08 Å². The average Bonchev–Trinajstić information content (AvgIpc) is 2.15. The lowest BCUT2D eigenvalue weighted by Gasteiger charge is -1.67. The molecule has 0 bridgehead atoms. The maximum absolute atomic E-state index is 4.15. The summed E-state index contributed by atoms with van der Waals surface area (Å²) < 4.78 is 0. The van der Waals surface area contributed by atoms with Gasteiger partial charge in [0.1, 0.15) is 5.49 Å². The standard InChI is InChI=1S/C6H6N2/c1-3-7-6-5(1)2-4-8-6/h1-3H,4H2,(H,7,8). The van der Waals surface area contributed by atoms with Gasteiger partial charge < -0.3 is 4.98 Å². The molecule has 0 aromatic carbocycles. The highest BCUT2D eigenvalue weighted by molar-refractivity contribution is 5.26. The number of hydrogen-bond acceptors (Lipinski definition) is 1. The zero-order valence-corrected chi connectivity index (χ0v) is 4.39. The summed E-state index contributed by atoms with van der Waals surface area (Å²) in [6.07, 6.45) is 4.01. The fourth-order valence-electron chi connectivity index (χ4n) is 0.910. The summed E-state index contributed by atoms with van der Waals surface area (Å²) in [6, 6.07) is 2.03. The van der Waals surface area contributed by atoms with Gasteiger partial charge in [-0.2, -0.15) is 0 Å². The van der Waals surface area contributed by atoms with Gasteiger partial charge in [-0.05, 0) is 6.07 Å². The van der Waals surface area contributed by atoms with Gasteiger partial charge in [-0.15, -0.1) is 0 Å². The molecule has 0 atom stereocenters. The minimum atomic E-state index is 0.849. The maximum atomic E-state index is 4.15. The van der Waals surface area contributed by atoms with E-state index in [0.29, 0.717) is 0 Å². The van der Waals surface area contributed by atoms with E-state index in [1.165, 1.54) is 5.22 Å². The second kappa shape index (κ2) is 1.22. The molecule has 2 rings (SSSR count). The summed E-state index contributed by atoms with van der Waals surface area (Å²) in [5.74, 6) is 0. The highest BCUT2D eigenvalue weighted by Gasteiger charge is 1.90. The minimum Gasteiger partial charge on any atom is -0.346 e. The fraction of sp³-hybridized carbons (Fsp3) is 0.167. The van der Waals surface area contributed by atoms with Crippen LogP contribution in [0.15, 0.2) is 17.3 Å². The molecule has 0 radical (unpaired) electrons. The number of nitrogens with zero attached hydrogens (tertiary/aromatic N) is 1. The average molecular weight is 106 g/mol. The number of H-pyrrole nitrogens is 1. The third kappa shape index (κ3) is 0.346. The van der Waals surface area contributed by atoms with Crippen LogP contribution in [0.4, 0.5) is 0 Å². The normalized spacial score (nSPS) is 14.5. The molecule has 0 saturated carbocycles. The highest BCUT2D eigenvalue weighted by Crippen LogP contribution is 1.74. The van der Waals surface area contributed by atoms with E-state index >= 15 is 0 Å². The van der Waals surface area contributed by atoms with Crippen molar-refractivity contribution in [3.63, 3.8) is 0 Å². The first-order chi connectivity index (χ1) is 3.97. The van der Waals surface area contributed by atoms with E-state index in [4.69, 9.17) is 0 Å². The van der Waals surface area contributed by atoms with Crippen molar-refractivity contribution < 1.29 is 0 Å². The largest absolute Gasteiger partial charge is 0.346 e. The van der Waals surface area contributed by atoms with Crippen LogP contribution in [0.2, 0.25) is 0 Å². The van der Waals surface area contributed by atoms with E-state index in [2.05, 4.69) is 16.1 Å². The summed E-state index contributed by atoms with van der Waals surface area (Å²) in [4.78, 5) is 7.17. The predicted molar refractivity (Wildman–Crippen MR) is 30.9 cm³/mol. The van der Waals surface area contributed by atoms with Gasteiger partial charge >= 0.3 is 0 Å². The number of aromatic nitrogens is 1. The van der Waals surface area contributed by atoms with Gasteiger partial charge in [-0.3, -0.25) is 4.99 Å². The van der Waals surface area contributed by atoms with E-state index in [9.17, 15) is 0 Å². The zero-order valence-electron chi connectivity index (χ0n) is 4.39. The summed E-state index contributed by atoms with van der Waals surface area (Å²) in [5, 5.41) is 1.24. The smallest absolute Gasteiger partial charge is 0.132 e. The van der Waals surface area contributed by atoms with Crippen molar-refractivity contribution in [1.82, 2.24) is 4.98 Å². The molecule has 2 nitrogen and oxygen atoms in total. The molecule has 1 N–H and O–H groups in total. The van der Waals surface area contributed by atoms with Crippen LogP contribution in [0, 0.1) is 0 Å². The molecule has 2 heteroatoms. The number of nitrogens with one attached hydrogen (secondary N) is 1. The van der Waals surface area contributed by atoms with E-state index in [1.807, 2.05) is 12.3 Å². The first-order valence-electron chi connectivity index (χ1n) is 2.65. The van der Waals surface area contributed by atoms with E-state index < -0.39 is 0 Å². The molecule has 1 aliphatic rings. The number of rotatable bonds is 0. The zero-order chi connectivity index (χ0) is 5.40. The summed E-state index contributed by atoms with van der Waals surface area (Å²) >= 11 is 0. The van der Waals surface area contributed by atoms with E-state index in [1.54, 1.807) is 0 Å². The van der Waals surface area contributed by atoms with Crippen LogP contribution < -0.4 is 10.7 Å². The van der Waals surface area contributed by atoms with E-state index in [0.717, 1.165) is 12.0 Å². The Morgan fingerprint density at radius 2 is 2.62 bits per heavy atom. The molecule has 8 heavy (non-hydrogen) atoms. The van der Waals surface area contributed by atoms with E-state index in [-0.39, 0.29) is 0 Å². The quantitative estimate of drug-likeness (QED) is 0.458. The van der Waals surface area contributed by atoms with Crippen LogP contribution in [-0.2, 0) is 0 Å². The van der Waals surface area contributed by atoms with Crippen LogP contribution in [0.1, 0.15) is 0 Å². The van der Waals surface area contributed by atoms with Gasteiger partial charge in [0.25, 0.3) is 0 Å². The Morgan fingerprint density at radius 3 is 3.50 bits per heavy atom. The Morgan fingerprint density at radius 1 is 1.62 bits per heavy atom. The van der Waals surface area contributed by atoms with Crippen LogP contribution in [0.3, 0.4) is 0 Å². The third-order valence-electron chi connectivity index (χ3n) is 1.32. The molecule has 2 heterocycles. The lowest BCUT2D eigenvalue weighted by atomic mass is 10.4. The first kappa shape index (κ1) is 3.89. The molecule has 0 unspecified atom stereocenters. The lowest BCUT2D eigenvalue weighted by Crippen LogP contribution is -2.17. The van der Waals surface area contributed by atoms with Crippen molar-refractivity contribution in [2.24, 2.45) is 4.99 Å². The molecule has 0 amide bonds. The number of aromatic amines is 1. The summed E-state index contributed by atoms with van der Waals surface area (Å²) in [7, 11) is 0. The molecular weight excluding hydrogens is 100 g/mol. The van der Waals surface area contributed by atoms with Crippen LogP contribution in [-0.4, -0.2) is 11.5 Å². The first-order valence-corrected chi connectivity index (χ1v) is 2.65. The number of fused-ring (bicyclic) bond motifs is 1. The van der Waals surface area contributed by atoms with Crippen LogP contribution in [0.5, 0.6) is 0 Å². The SMILES string of the molecule is C1=c2cc[nH]c2=NC1. The Hall–Kier alpha value is -1.05. The van der Waals surface area contributed by atoms with Crippen molar-refractivity contribution in [2.75, 3.05) is 6.54 Å². The van der Waals surface area contributed by atoms with Crippen molar-refractivity contribution >= 4 is 6.08 Å². The fourth-order valence-corrected chi connectivity index (χ4v) is 0.910. The Bertz CT molecular complexity index is 266. The van der Waals surface area contributed by atoms with Gasteiger partial charge in [0.15, 0.2) is 0 Å². The maximum Gasteiger partial charge on any atom is 0.132 e. The minimum absolute atomic E-state index is 0.849. The Labute approximate surface area is 46.6 Å². The van der Waals surface area contributed by atoms with Gasteiger partial charge in [0.05, 0.1) is 6.54 Å². The monoisotopic (exact) mass is 106 g/mol. The summed E-state index contributed by atoms with van der Waals surface area (Å²) in [6.45, 7) is 0.849. The molecule has 40 valence electrons. The Balaban J connectivity index is 3.08. The molecule has 0 aliphatic carbocycles. The van der Waals surface area contributed by atoms with Crippen molar-refractivity contribution in [3.05, 3.63) is 23.0 Å². The molecule has 1 aromatic rings. The summed E-state index contributed by atoms with van der Waals surface area (Å²) in [5.41, 5.74) is 1.03. The molecule has 0 fully saturated rings. The van der Waals surface area contributed by atoms with Gasteiger partial charge in [-0.1, -0.05) is 6.08 Å². The highest BCUT2D eigenvalue weighted by atomic mass is 14.8. The molecule has 0 saturated heterocycles. The van der Waals surface area contributed by atoms with Crippen molar-refractivity contribution in [1.29, 1.82) is 0 Å². The topological polar surface area (TPSA) is 28.1 Å².